The van der Waals surface area contributed by atoms with Gasteiger partial charge in [0, 0.05) is 29.4 Å². The van der Waals surface area contributed by atoms with Gasteiger partial charge in [-0.05, 0) is 37.1 Å². The lowest BCUT2D eigenvalue weighted by Gasteiger charge is -2.33. The van der Waals surface area contributed by atoms with Crippen LogP contribution in [0.5, 0.6) is 11.5 Å². The first kappa shape index (κ1) is 21.3. The normalized spacial score (nSPS) is 19.5. The van der Waals surface area contributed by atoms with Gasteiger partial charge in [-0.1, -0.05) is 49.6 Å². The number of carbonyl (C=O) groups excluding carboxylic acids is 2. The van der Waals surface area contributed by atoms with E-state index in [0.29, 0.717) is 11.4 Å². The molecular weight excluding hydrogens is 446 g/mol. The number of hydrogen-bond donors (Lipinski definition) is 0. The summed E-state index contributed by atoms with van der Waals surface area (Å²) >= 11 is 0. The molecule has 1 atom stereocenters. The van der Waals surface area contributed by atoms with Crippen LogP contribution in [0, 0.1) is 10.1 Å². The van der Waals surface area contributed by atoms with Crippen molar-refractivity contribution in [1.29, 1.82) is 0 Å². The van der Waals surface area contributed by atoms with Crippen molar-refractivity contribution in [2.24, 2.45) is 0 Å². The van der Waals surface area contributed by atoms with E-state index in [1.807, 2.05) is 29.2 Å². The zero-order valence-corrected chi connectivity index (χ0v) is 18.9. The lowest BCUT2D eigenvalue weighted by Crippen LogP contribution is -2.45. The number of fused-ring (bicyclic) bond motifs is 3. The number of benzene rings is 3. The molecule has 0 radical (unpaired) electrons. The number of hydrogen-bond acceptors (Lipinski definition) is 5. The number of ether oxygens (including phenoxy) is 1. The molecule has 0 spiro atoms. The first-order valence-electron chi connectivity index (χ1n) is 11.9. The Kier molecular flexibility index (Phi) is 5.02. The molecule has 8 nitrogen and oxygen atoms in total. The van der Waals surface area contributed by atoms with Crippen molar-refractivity contribution >= 4 is 28.9 Å². The second-order valence-corrected chi connectivity index (χ2v) is 9.14. The van der Waals surface area contributed by atoms with Gasteiger partial charge in [0.1, 0.15) is 11.8 Å². The highest BCUT2D eigenvalue weighted by molar-refractivity contribution is 6.17. The number of anilines is 2. The van der Waals surface area contributed by atoms with Crippen molar-refractivity contribution in [2.45, 2.75) is 44.2 Å². The van der Waals surface area contributed by atoms with E-state index in [1.165, 1.54) is 23.1 Å². The molecule has 35 heavy (non-hydrogen) atoms. The summed E-state index contributed by atoms with van der Waals surface area (Å²) in [4.78, 5) is 42.4. The Bertz CT molecular complexity index is 1360. The third-order valence-electron chi connectivity index (χ3n) is 7.13. The molecule has 0 bridgehead atoms. The lowest BCUT2D eigenvalue weighted by molar-refractivity contribution is -0.384. The van der Waals surface area contributed by atoms with E-state index in [4.69, 9.17) is 4.74 Å². The summed E-state index contributed by atoms with van der Waals surface area (Å²) in [5.41, 5.74) is 1.87. The number of nitro groups is 1. The predicted octanol–water partition coefficient (Wildman–Crippen LogP) is 5.77. The van der Waals surface area contributed by atoms with Crippen LogP contribution in [-0.2, 0) is 4.79 Å². The van der Waals surface area contributed by atoms with Crippen LogP contribution < -0.4 is 14.5 Å². The maximum atomic E-state index is 14.1. The standard InChI is InChI=1S/C27H23N3O5/c31-26-20-16-18(30(33)34)14-15-23(20)35-24-13-7-6-12-22(24)29(26)25-19-10-4-5-11-21(19)28(27(25)32)17-8-2-1-3-9-17/h4-7,10-17,25H,1-3,8-9H2. The van der Waals surface area contributed by atoms with Crippen LogP contribution in [0.25, 0.3) is 0 Å². The van der Waals surface area contributed by atoms with Crippen molar-refractivity contribution in [3.05, 3.63) is 88.0 Å². The molecule has 176 valence electrons. The van der Waals surface area contributed by atoms with Crippen molar-refractivity contribution < 1.29 is 19.2 Å². The molecule has 8 heteroatoms. The zero-order valence-electron chi connectivity index (χ0n) is 18.9. The molecule has 2 amide bonds. The van der Waals surface area contributed by atoms with E-state index in [1.54, 1.807) is 24.3 Å². The van der Waals surface area contributed by atoms with Gasteiger partial charge in [-0.25, -0.2) is 0 Å². The molecule has 0 N–H and O–H groups in total. The smallest absolute Gasteiger partial charge is 0.270 e. The fraction of sp³-hybridized carbons (Fsp3) is 0.259. The van der Waals surface area contributed by atoms with Crippen LogP contribution in [0.1, 0.15) is 54.1 Å². The van der Waals surface area contributed by atoms with Crippen LogP contribution in [0.3, 0.4) is 0 Å². The summed E-state index contributed by atoms with van der Waals surface area (Å²) in [5.74, 6) is -0.0318. The summed E-state index contributed by atoms with van der Waals surface area (Å²) < 4.78 is 6.05. The maximum absolute atomic E-state index is 14.1. The van der Waals surface area contributed by atoms with Crippen LogP contribution in [0.2, 0.25) is 0 Å². The van der Waals surface area contributed by atoms with E-state index < -0.39 is 16.9 Å². The second kappa shape index (κ2) is 8.23. The largest absolute Gasteiger partial charge is 0.454 e. The summed E-state index contributed by atoms with van der Waals surface area (Å²) in [7, 11) is 0. The third kappa shape index (κ3) is 3.36. The summed E-state index contributed by atoms with van der Waals surface area (Å²) in [6.45, 7) is 0. The van der Waals surface area contributed by atoms with Gasteiger partial charge in [0.05, 0.1) is 16.2 Å². The second-order valence-electron chi connectivity index (χ2n) is 9.14. The molecule has 0 aromatic heterocycles. The Labute approximate surface area is 201 Å². The molecule has 3 aromatic carbocycles. The first-order chi connectivity index (χ1) is 17.0. The van der Waals surface area contributed by atoms with Crippen molar-refractivity contribution in [2.75, 3.05) is 9.80 Å². The van der Waals surface area contributed by atoms with Crippen LogP contribution in [-0.4, -0.2) is 22.8 Å². The summed E-state index contributed by atoms with van der Waals surface area (Å²) in [6, 6.07) is 17.8. The van der Waals surface area contributed by atoms with Crippen LogP contribution in [0.15, 0.2) is 66.7 Å². The highest BCUT2D eigenvalue weighted by atomic mass is 16.6. The molecule has 6 rings (SSSR count). The Morgan fingerprint density at radius 3 is 2.31 bits per heavy atom. The first-order valence-corrected chi connectivity index (χ1v) is 11.9. The van der Waals surface area contributed by atoms with E-state index in [-0.39, 0.29) is 28.9 Å². The minimum atomic E-state index is -0.893. The molecule has 1 saturated carbocycles. The minimum Gasteiger partial charge on any atom is -0.454 e. The molecule has 3 aliphatic rings. The average Bonchev–Trinajstić information content (AvgIpc) is 3.10. The van der Waals surface area contributed by atoms with Crippen molar-refractivity contribution in [1.82, 2.24) is 0 Å². The molecule has 3 aromatic rings. The number of non-ortho nitro benzene ring substituents is 1. The third-order valence-corrected chi connectivity index (χ3v) is 7.13. The van der Waals surface area contributed by atoms with Gasteiger partial charge in [-0.2, -0.15) is 0 Å². The number of rotatable bonds is 3. The Hall–Kier alpha value is -4.20. The number of carbonyl (C=O) groups is 2. The maximum Gasteiger partial charge on any atom is 0.270 e. The Morgan fingerprint density at radius 2 is 1.54 bits per heavy atom. The highest BCUT2D eigenvalue weighted by Crippen LogP contribution is 2.48. The molecule has 1 aliphatic carbocycles. The van der Waals surface area contributed by atoms with Gasteiger partial charge in [-0.15, -0.1) is 0 Å². The Morgan fingerprint density at radius 1 is 0.829 bits per heavy atom. The fourth-order valence-corrected chi connectivity index (χ4v) is 5.53. The topological polar surface area (TPSA) is 93.0 Å². The quantitative estimate of drug-likeness (QED) is 0.359. The minimum absolute atomic E-state index is 0.0526. The number of nitrogens with zero attached hydrogens (tertiary/aromatic N) is 3. The van der Waals surface area contributed by atoms with E-state index in [9.17, 15) is 19.7 Å². The molecule has 2 aliphatic heterocycles. The van der Waals surface area contributed by atoms with Gasteiger partial charge in [0.25, 0.3) is 17.5 Å². The Balaban J connectivity index is 1.52. The number of amides is 2. The van der Waals surface area contributed by atoms with Gasteiger partial charge >= 0.3 is 0 Å². The van der Waals surface area contributed by atoms with Gasteiger partial charge in [0.15, 0.2) is 5.75 Å². The van der Waals surface area contributed by atoms with E-state index in [0.717, 1.165) is 43.4 Å². The lowest BCUT2D eigenvalue weighted by atomic mass is 9.94. The highest BCUT2D eigenvalue weighted by Gasteiger charge is 2.47. The summed E-state index contributed by atoms with van der Waals surface area (Å²) in [5, 5.41) is 11.4. The van der Waals surface area contributed by atoms with Gasteiger partial charge < -0.3 is 9.64 Å². The zero-order chi connectivity index (χ0) is 24.1. The van der Waals surface area contributed by atoms with E-state index in [2.05, 4.69) is 0 Å². The van der Waals surface area contributed by atoms with Gasteiger partial charge in [-0.3, -0.25) is 24.6 Å². The number of para-hydroxylation sites is 3. The number of nitro benzene ring substituents is 1. The van der Waals surface area contributed by atoms with Gasteiger partial charge in [0.2, 0.25) is 0 Å². The van der Waals surface area contributed by atoms with Crippen LogP contribution in [0.4, 0.5) is 17.1 Å². The monoisotopic (exact) mass is 469 g/mol. The summed E-state index contributed by atoms with van der Waals surface area (Å²) in [6.07, 6.45) is 5.15. The fourth-order valence-electron chi connectivity index (χ4n) is 5.53. The SMILES string of the molecule is O=C1C(N2C(=O)c3cc([N+](=O)[O-])ccc3Oc3ccccc32)c2ccccc2N1C1CCCCC1. The molecule has 1 unspecified atom stereocenters. The predicted molar refractivity (Wildman–Crippen MR) is 130 cm³/mol. The van der Waals surface area contributed by atoms with Crippen molar-refractivity contribution in [3.8, 4) is 11.5 Å². The van der Waals surface area contributed by atoms with Crippen molar-refractivity contribution in [3.63, 3.8) is 0 Å². The molecule has 0 saturated heterocycles. The van der Waals surface area contributed by atoms with E-state index >= 15 is 0 Å². The molecular formula is C27H23N3O5. The van der Waals surface area contributed by atoms with Crippen LogP contribution >= 0.6 is 0 Å². The molecule has 2 heterocycles. The molecule has 1 fully saturated rings. The average molecular weight is 469 g/mol.